The molecule has 0 bridgehead atoms. The van der Waals surface area contributed by atoms with Crippen molar-refractivity contribution >= 4 is 66.6 Å². The second-order valence-electron chi connectivity index (χ2n) is 9.66. The first-order valence-electron chi connectivity index (χ1n) is 12.7. The Labute approximate surface area is 282 Å². The van der Waals surface area contributed by atoms with Crippen molar-refractivity contribution in [3.8, 4) is 6.07 Å². The van der Waals surface area contributed by atoms with Gasteiger partial charge in [0, 0.05) is 31.8 Å². The van der Waals surface area contributed by atoms with E-state index in [1.165, 1.54) is 42.6 Å². The fourth-order valence-electron chi connectivity index (χ4n) is 4.22. The minimum atomic E-state index is -6.37. The van der Waals surface area contributed by atoms with Crippen molar-refractivity contribution in [3.05, 3.63) is 121 Å². The average Bonchev–Trinajstić information content (AvgIpc) is 3.01. The number of carbonyl (C=O) groups excluding carboxylic acids is 2. The van der Waals surface area contributed by atoms with Gasteiger partial charge >= 0.3 is 18.0 Å². The van der Waals surface area contributed by atoms with Crippen LogP contribution in [0.2, 0.25) is 5.15 Å². The predicted molar refractivity (Wildman–Crippen MR) is 162 cm³/mol. The number of aromatic nitrogens is 1. The number of alkyl halides is 7. The Morgan fingerprint density at radius 1 is 0.872 bits per heavy atom. The number of hydrogen-bond acceptors (Lipinski definition) is 4. The Hall–Kier alpha value is -4.07. The molecule has 1 aromatic heterocycles. The molecule has 47 heavy (non-hydrogen) atoms. The molecule has 0 fully saturated rings. The first-order chi connectivity index (χ1) is 21.9. The number of amides is 2. The Morgan fingerprint density at radius 3 is 1.96 bits per heavy atom. The number of benzene rings is 3. The molecular formula is C30H15Br2ClF8N4O2. The van der Waals surface area contributed by atoms with Gasteiger partial charge in [0.1, 0.15) is 11.0 Å². The van der Waals surface area contributed by atoms with Gasteiger partial charge in [-0.2, -0.15) is 31.6 Å². The minimum Gasteiger partial charge on any atom is -0.320 e. The Balaban J connectivity index is 1.72. The van der Waals surface area contributed by atoms with Crippen molar-refractivity contribution in [2.45, 2.75) is 24.6 Å². The van der Waals surface area contributed by atoms with Crippen LogP contribution in [-0.2, 0) is 12.2 Å². The maximum absolute atomic E-state index is 15.3. The molecule has 0 radical (unpaired) electrons. The van der Waals surface area contributed by atoms with E-state index in [4.69, 9.17) is 16.9 Å². The molecule has 0 aliphatic carbocycles. The number of pyridine rings is 1. The third-order valence-electron chi connectivity index (χ3n) is 6.59. The molecule has 0 spiro atoms. The zero-order valence-electron chi connectivity index (χ0n) is 23.0. The number of hydrogen-bond donors (Lipinski definition) is 1. The highest BCUT2D eigenvalue weighted by molar-refractivity contribution is 9.11. The number of halogens is 11. The van der Waals surface area contributed by atoms with Crippen LogP contribution in [0.25, 0.3) is 0 Å². The summed E-state index contributed by atoms with van der Waals surface area (Å²) in [6, 6.07) is 13.6. The van der Waals surface area contributed by atoms with Crippen LogP contribution >= 0.6 is 43.5 Å². The molecule has 3 aromatic carbocycles. The monoisotopic (exact) mass is 808 g/mol. The molecule has 2 amide bonds. The fourth-order valence-corrected chi connectivity index (χ4v) is 5.71. The number of nitriles is 1. The van der Waals surface area contributed by atoms with E-state index in [1.807, 2.05) is 6.07 Å². The SMILES string of the molecule is N#Cc1ccc(C(=O)N(Cc2ccc(Cl)nc2)c2cc(C(=O)Nc3c(Br)cc(C(F)(C(F)(F)F)C(F)(F)F)cc3Br)ccc2F)cc1. The molecular weight excluding hydrogens is 796 g/mol. The van der Waals surface area contributed by atoms with Crippen LogP contribution in [0.5, 0.6) is 0 Å². The first-order valence-corrected chi connectivity index (χ1v) is 14.7. The standard InChI is InChI=1S/C30H15Br2ClF8N4O2/c31-20-10-19(28(35,29(36,37)38)30(39,40)41)11-21(32)25(20)44-26(46)18-6-7-22(34)23(9-18)45(14-16-3-8-24(33)43-13-16)27(47)17-4-1-15(12-42)2-5-17/h1-11,13H,14H2,(H,44,46). The van der Waals surface area contributed by atoms with E-state index >= 15 is 4.39 Å². The topological polar surface area (TPSA) is 86.1 Å². The van der Waals surface area contributed by atoms with Crippen molar-refractivity contribution in [1.29, 1.82) is 5.26 Å². The van der Waals surface area contributed by atoms with E-state index < -0.39 is 55.8 Å². The van der Waals surface area contributed by atoms with Gasteiger partial charge in [0.25, 0.3) is 11.8 Å². The Bertz CT molecular complexity index is 1840. The third kappa shape index (κ3) is 7.42. The highest BCUT2D eigenvalue weighted by Crippen LogP contribution is 2.54. The van der Waals surface area contributed by atoms with E-state index in [2.05, 4.69) is 42.2 Å². The first kappa shape index (κ1) is 35.8. The lowest BCUT2D eigenvalue weighted by molar-refractivity contribution is -0.348. The van der Waals surface area contributed by atoms with Gasteiger partial charge in [-0.15, -0.1) is 0 Å². The summed E-state index contributed by atoms with van der Waals surface area (Å²) in [6.45, 7) is -0.271. The maximum atomic E-state index is 15.3. The molecule has 0 aliphatic heterocycles. The van der Waals surface area contributed by atoms with Crippen LogP contribution in [0.15, 0.2) is 81.9 Å². The lowest BCUT2D eigenvalue weighted by atomic mass is 9.94. The third-order valence-corrected chi connectivity index (χ3v) is 8.07. The quantitative estimate of drug-likeness (QED) is 0.149. The summed E-state index contributed by atoms with van der Waals surface area (Å²) < 4.78 is 109. The lowest BCUT2D eigenvalue weighted by Crippen LogP contribution is -2.50. The van der Waals surface area contributed by atoms with Gasteiger partial charge in [-0.25, -0.2) is 13.8 Å². The largest absolute Gasteiger partial charge is 0.435 e. The summed E-state index contributed by atoms with van der Waals surface area (Å²) in [5.41, 5.74) is -7.91. The van der Waals surface area contributed by atoms with Crippen LogP contribution < -0.4 is 10.2 Å². The van der Waals surface area contributed by atoms with Gasteiger partial charge in [-0.1, -0.05) is 17.7 Å². The molecule has 4 aromatic rings. The van der Waals surface area contributed by atoms with Gasteiger partial charge in [0.2, 0.25) is 0 Å². The average molecular weight is 811 g/mol. The van der Waals surface area contributed by atoms with E-state index in [1.54, 1.807) is 0 Å². The normalized spacial score (nSPS) is 12.0. The van der Waals surface area contributed by atoms with Crippen LogP contribution in [-0.4, -0.2) is 29.2 Å². The van der Waals surface area contributed by atoms with E-state index in [9.17, 15) is 40.3 Å². The molecule has 17 heteroatoms. The molecule has 6 nitrogen and oxygen atoms in total. The Kier molecular flexibility index (Phi) is 10.3. The summed E-state index contributed by atoms with van der Waals surface area (Å²) >= 11 is 11.4. The van der Waals surface area contributed by atoms with Crippen molar-refractivity contribution in [2.24, 2.45) is 0 Å². The van der Waals surface area contributed by atoms with Gasteiger partial charge in [-0.3, -0.25) is 9.59 Å². The number of anilines is 2. The van der Waals surface area contributed by atoms with E-state index in [0.717, 1.165) is 23.1 Å². The molecule has 1 heterocycles. The number of nitrogens with zero attached hydrogens (tertiary/aromatic N) is 3. The van der Waals surface area contributed by atoms with E-state index in [-0.39, 0.29) is 46.2 Å². The summed E-state index contributed by atoms with van der Waals surface area (Å²) in [5, 5.41) is 11.5. The van der Waals surface area contributed by atoms with Crippen molar-refractivity contribution in [2.75, 3.05) is 10.2 Å². The van der Waals surface area contributed by atoms with E-state index in [0.29, 0.717) is 5.56 Å². The zero-order chi connectivity index (χ0) is 34.9. The molecule has 1 N–H and O–H groups in total. The van der Waals surface area contributed by atoms with Gasteiger partial charge in [0.15, 0.2) is 0 Å². The minimum absolute atomic E-state index is 0.0507. The molecule has 0 saturated carbocycles. The summed E-state index contributed by atoms with van der Waals surface area (Å²) in [6.07, 6.45) is -11.4. The van der Waals surface area contributed by atoms with Gasteiger partial charge in [-0.05, 0) is 98.1 Å². The molecule has 0 atom stereocenters. The highest BCUT2D eigenvalue weighted by atomic mass is 79.9. The highest BCUT2D eigenvalue weighted by Gasteiger charge is 2.73. The van der Waals surface area contributed by atoms with Crippen LogP contribution in [0.1, 0.15) is 37.4 Å². The molecule has 0 unspecified atom stereocenters. The molecule has 244 valence electrons. The molecule has 0 aliphatic rings. The predicted octanol–water partition coefficient (Wildman–Crippen LogP) is 9.66. The summed E-state index contributed by atoms with van der Waals surface area (Å²) in [5.74, 6) is -2.72. The van der Waals surface area contributed by atoms with Gasteiger partial charge < -0.3 is 10.2 Å². The number of carbonyl (C=O) groups is 2. The van der Waals surface area contributed by atoms with Crippen molar-refractivity contribution in [1.82, 2.24) is 4.98 Å². The summed E-state index contributed by atoms with van der Waals surface area (Å²) in [7, 11) is 0. The van der Waals surface area contributed by atoms with Gasteiger partial charge in [0.05, 0.1) is 29.6 Å². The second-order valence-corrected chi connectivity index (χ2v) is 11.8. The maximum Gasteiger partial charge on any atom is 0.435 e. The van der Waals surface area contributed by atoms with Crippen molar-refractivity contribution in [3.63, 3.8) is 0 Å². The fraction of sp³-hybridized carbons (Fsp3) is 0.133. The lowest BCUT2D eigenvalue weighted by Gasteiger charge is -2.31. The van der Waals surface area contributed by atoms with Crippen LogP contribution in [0, 0.1) is 17.1 Å². The molecule has 4 rings (SSSR count). The zero-order valence-corrected chi connectivity index (χ0v) is 26.9. The number of rotatable bonds is 7. The Morgan fingerprint density at radius 2 is 1.45 bits per heavy atom. The number of nitrogens with one attached hydrogen (secondary N) is 1. The summed E-state index contributed by atoms with van der Waals surface area (Å²) in [4.78, 5) is 31.8. The van der Waals surface area contributed by atoms with Crippen molar-refractivity contribution < 1.29 is 44.7 Å². The second kappa shape index (κ2) is 13.6. The smallest absolute Gasteiger partial charge is 0.320 e. The molecule has 0 saturated heterocycles. The van der Waals surface area contributed by atoms with Crippen LogP contribution in [0.3, 0.4) is 0 Å². The van der Waals surface area contributed by atoms with Crippen LogP contribution in [0.4, 0.5) is 46.5 Å².